The van der Waals surface area contributed by atoms with Gasteiger partial charge >= 0.3 is 0 Å². The van der Waals surface area contributed by atoms with Crippen molar-refractivity contribution in [3.63, 3.8) is 0 Å². The van der Waals surface area contributed by atoms with Crippen molar-refractivity contribution in [3.05, 3.63) is 53.1 Å². The van der Waals surface area contributed by atoms with Gasteiger partial charge in [-0.3, -0.25) is 19.9 Å². The largest absolute Gasteiger partial charge is 0.381 e. The minimum absolute atomic E-state index is 0.0148. The van der Waals surface area contributed by atoms with Crippen molar-refractivity contribution >= 4 is 46.4 Å². The molecule has 5 rings (SSSR count). The van der Waals surface area contributed by atoms with Gasteiger partial charge < -0.3 is 20.3 Å². The first-order chi connectivity index (χ1) is 16.9. The fourth-order valence-corrected chi connectivity index (χ4v) is 5.63. The molecule has 9 heteroatoms. The molecule has 8 nitrogen and oxygen atoms in total. The smallest absolute Gasteiger partial charge is 0.232 e. The molecular formula is C26H30ClN5O3. The summed E-state index contributed by atoms with van der Waals surface area (Å²) in [4.78, 5) is 28.7. The van der Waals surface area contributed by atoms with Crippen LogP contribution in [0.4, 0.5) is 17.1 Å². The number of rotatable bonds is 5. The Morgan fingerprint density at radius 3 is 2.63 bits per heavy atom. The number of carbonyl (C=O) groups excluding carboxylic acids is 2. The van der Waals surface area contributed by atoms with Crippen molar-refractivity contribution < 1.29 is 14.3 Å². The average molecular weight is 496 g/mol. The van der Waals surface area contributed by atoms with Crippen LogP contribution in [-0.2, 0) is 19.9 Å². The van der Waals surface area contributed by atoms with Crippen LogP contribution >= 0.6 is 11.6 Å². The quantitative estimate of drug-likeness (QED) is 0.572. The molecule has 0 bridgehead atoms. The normalized spacial score (nSPS) is 23.5. The molecule has 3 N–H and O–H groups in total. The summed E-state index contributed by atoms with van der Waals surface area (Å²) in [5, 5.41) is 15.7. The number of guanidine groups is 1. The number of hydrogen-bond acceptors (Lipinski definition) is 5. The van der Waals surface area contributed by atoms with Crippen molar-refractivity contribution in [3.8, 4) is 0 Å². The summed E-state index contributed by atoms with van der Waals surface area (Å²) in [5.41, 5.74) is 2.31. The third-order valence-electron chi connectivity index (χ3n) is 7.07. The Bertz CT molecular complexity index is 1150. The van der Waals surface area contributed by atoms with Crippen molar-refractivity contribution in [2.75, 3.05) is 30.0 Å². The van der Waals surface area contributed by atoms with E-state index < -0.39 is 5.54 Å². The van der Waals surface area contributed by atoms with Crippen LogP contribution in [-0.4, -0.2) is 48.5 Å². The fourth-order valence-electron chi connectivity index (χ4n) is 5.25. The number of anilines is 3. The van der Waals surface area contributed by atoms with Crippen LogP contribution in [0.25, 0.3) is 0 Å². The molecule has 0 unspecified atom stereocenters. The first kappa shape index (κ1) is 23.6. The van der Waals surface area contributed by atoms with E-state index in [0.29, 0.717) is 30.3 Å². The molecule has 0 radical (unpaired) electrons. The minimum atomic E-state index is -0.811. The fraction of sp³-hybridized carbons (Fsp3) is 0.423. The number of carbonyl (C=O) groups is 2. The van der Waals surface area contributed by atoms with Gasteiger partial charge in [0.05, 0.1) is 22.7 Å². The molecule has 2 amide bonds. The molecule has 0 spiro atoms. The third-order valence-corrected chi connectivity index (χ3v) is 7.48. The maximum Gasteiger partial charge on any atom is 0.232 e. The number of ether oxygens (including phenoxy) is 1. The molecular weight excluding hydrogens is 466 g/mol. The van der Waals surface area contributed by atoms with Crippen LogP contribution in [0.5, 0.6) is 0 Å². The summed E-state index contributed by atoms with van der Waals surface area (Å²) in [6.07, 6.45) is 3.11. The van der Waals surface area contributed by atoms with Crippen molar-refractivity contribution in [1.29, 1.82) is 5.41 Å². The van der Waals surface area contributed by atoms with Crippen LogP contribution in [0.3, 0.4) is 0 Å². The minimum Gasteiger partial charge on any atom is -0.381 e. The highest BCUT2D eigenvalue weighted by Gasteiger charge is 2.43. The number of hydrogen-bond donors (Lipinski definition) is 3. The molecule has 3 heterocycles. The van der Waals surface area contributed by atoms with E-state index in [2.05, 4.69) is 10.6 Å². The second kappa shape index (κ2) is 9.51. The van der Waals surface area contributed by atoms with Crippen molar-refractivity contribution in [2.45, 2.75) is 50.6 Å². The summed E-state index contributed by atoms with van der Waals surface area (Å²) < 4.78 is 5.42. The average Bonchev–Trinajstić information content (AvgIpc) is 3.26. The van der Waals surface area contributed by atoms with Crippen LogP contribution in [0.2, 0.25) is 5.02 Å². The molecule has 2 aromatic carbocycles. The highest BCUT2D eigenvalue weighted by molar-refractivity contribution is 6.34. The standard InChI is InChI=1S/C26H30ClN5O3/c1-26(16-23(34)32(25(28)30-26)18-10-13-35-14-11-18)20-7-3-8-21(24(20)27)29-17-5-2-6-19(15-17)31-12-4-9-22(31)33/h2-3,5-8,15,18,29H,4,9-14,16H2,1H3,(H2,28,30)/t26-/m0/s1. The monoisotopic (exact) mass is 495 g/mol. The van der Waals surface area contributed by atoms with E-state index in [4.69, 9.17) is 21.7 Å². The Kier molecular flexibility index (Phi) is 6.42. The number of nitrogens with one attached hydrogen (secondary N) is 3. The number of nitrogens with zero attached hydrogens (tertiary/aromatic N) is 2. The molecule has 35 heavy (non-hydrogen) atoms. The molecule has 184 valence electrons. The lowest BCUT2D eigenvalue weighted by molar-refractivity contribution is -0.133. The molecule has 0 aliphatic carbocycles. The SMILES string of the molecule is C[C@@]1(c2cccc(Nc3cccc(N4CCCC4=O)c3)c2Cl)CC(=O)N(C2CCOCC2)C(=N)N1. The summed E-state index contributed by atoms with van der Waals surface area (Å²) in [6.45, 7) is 3.84. The predicted octanol–water partition coefficient (Wildman–Crippen LogP) is 4.36. The van der Waals surface area contributed by atoms with Crippen LogP contribution in [0.1, 0.15) is 44.6 Å². The Balaban J connectivity index is 1.37. The Hall–Kier alpha value is -3.10. The summed E-state index contributed by atoms with van der Waals surface area (Å²) >= 11 is 6.87. The summed E-state index contributed by atoms with van der Waals surface area (Å²) in [7, 11) is 0. The Labute approximate surface area is 210 Å². The number of halogens is 1. The van der Waals surface area contributed by atoms with Gasteiger partial charge in [-0.1, -0.05) is 29.8 Å². The van der Waals surface area contributed by atoms with E-state index in [1.807, 2.05) is 49.4 Å². The predicted molar refractivity (Wildman–Crippen MR) is 136 cm³/mol. The van der Waals surface area contributed by atoms with Gasteiger partial charge in [0.1, 0.15) is 0 Å². The first-order valence-electron chi connectivity index (χ1n) is 12.1. The zero-order valence-corrected chi connectivity index (χ0v) is 20.5. The van der Waals surface area contributed by atoms with Gasteiger partial charge in [0.2, 0.25) is 11.8 Å². The molecule has 2 aromatic rings. The van der Waals surface area contributed by atoms with Gasteiger partial charge in [-0.25, -0.2) is 0 Å². The zero-order valence-electron chi connectivity index (χ0n) is 19.8. The van der Waals surface area contributed by atoms with Crippen LogP contribution in [0, 0.1) is 5.41 Å². The molecule has 3 fully saturated rings. The van der Waals surface area contributed by atoms with E-state index >= 15 is 0 Å². The second-order valence-electron chi connectivity index (χ2n) is 9.58. The Morgan fingerprint density at radius 1 is 1.14 bits per heavy atom. The lowest BCUT2D eigenvalue weighted by Gasteiger charge is -2.45. The molecule has 3 saturated heterocycles. The van der Waals surface area contributed by atoms with Crippen molar-refractivity contribution in [2.24, 2.45) is 0 Å². The van der Waals surface area contributed by atoms with Gasteiger partial charge in [0, 0.05) is 43.6 Å². The van der Waals surface area contributed by atoms with E-state index in [9.17, 15) is 9.59 Å². The zero-order chi connectivity index (χ0) is 24.6. The highest BCUT2D eigenvalue weighted by Crippen LogP contribution is 2.39. The molecule has 0 saturated carbocycles. The van der Waals surface area contributed by atoms with Gasteiger partial charge in [-0.2, -0.15) is 0 Å². The van der Waals surface area contributed by atoms with Gasteiger partial charge in [-0.15, -0.1) is 0 Å². The Morgan fingerprint density at radius 2 is 1.91 bits per heavy atom. The summed E-state index contributed by atoms with van der Waals surface area (Å²) in [6, 6.07) is 13.4. The number of benzene rings is 2. The van der Waals surface area contributed by atoms with Gasteiger partial charge in [0.25, 0.3) is 0 Å². The molecule has 3 aliphatic rings. The number of amides is 2. The molecule has 1 atom stereocenters. The maximum atomic E-state index is 13.2. The van der Waals surface area contributed by atoms with Crippen LogP contribution < -0.4 is 15.5 Å². The lowest BCUT2D eigenvalue weighted by Crippen LogP contribution is -2.62. The lowest BCUT2D eigenvalue weighted by atomic mass is 9.85. The molecule has 3 aliphatic heterocycles. The maximum absolute atomic E-state index is 13.2. The molecule has 0 aromatic heterocycles. The van der Waals surface area contributed by atoms with Gasteiger partial charge in [0.15, 0.2) is 5.96 Å². The highest BCUT2D eigenvalue weighted by atomic mass is 35.5. The summed E-state index contributed by atoms with van der Waals surface area (Å²) in [5.74, 6) is 0.161. The van der Waals surface area contributed by atoms with E-state index in [1.165, 1.54) is 0 Å². The van der Waals surface area contributed by atoms with E-state index in [-0.39, 0.29) is 30.2 Å². The van der Waals surface area contributed by atoms with E-state index in [0.717, 1.165) is 42.7 Å². The third kappa shape index (κ3) is 4.60. The van der Waals surface area contributed by atoms with Crippen LogP contribution in [0.15, 0.2) is 42.5 Å². The van der Waals surface area contributed by atoms with Gasteiger partial charge in [-0.05, 0) is 56.0 Å². The van der Waals surface area contributed by atoms with Crippen molar-refractivity contribution in [1.82, 2.24) is 10.2 Å². The topological polar surface area (TPSA) is 97.8 Å². The first-order valence-corrected chi connectivity index (χ1v) is 12.5. The second-order valence-corrected chi connectivity index (χ2v) is 9.96. The van der Waals surface area contributed by atoms with E-state index in [1.54, 1.807) is 9.80 Å².